The highest BCUT2D eigenvalue weighted by Gasteiger charge is 2.07. The predicted octanol–water partition coefficient (Wildman–Crippen LogP) is 1.41. The third-order valence-electron chi connectivity index (χ3n) is 2.25. The second kappa shape index (κ2) is 5.63. The lowest BCUT2D eigenvalue weighted by molar-refractivity contribution is 0.697. The summed E-state index contributed by atoms with van der Waals surface area (Å²) in [6, 6.07) is 9.94. The van der Waals surface area contributed by atoms with Crippen LogP contribution in [0.2, 0.25) is 0 Å². The number of halogens is 1. The predicted molar refractivity (Wildman–Crippen MR) is 66.4 cm³/mol. The summed E-state index contributed by atoms with van der Waals surface area (Å²) in [5.74, 6) is 1.69. The summed E-state index contributed by atoms with van der Waals surface area (Å²) >= 11 is 0. The van der Waals surface area contributed by atoms with Gasteiger partial charge in [-0.15, -0.1) is 12.4 Å². The number of hydrogen-bond donors (Lipinski definition) is 1. The Hall–Kier alpha value is -1.39. The Bertz CT molecular complexity index is 439. The number of aryl methyl sites for hydroxylation is 1. The molecular weight excluding hydrogens is 224 g/mol. The highest BCUT2D eigenvalue weighted by atomic mass is 35.5. The van der Waals surface area contributed by atoms with E-state index in [0.29, 0.717) is 6.54 Å². The van der Waals surface area contributed by atoms with Gasteiger partial charge in [-0.3, -0.25) is 4.68 Å². The molecule has 0 spiro atoms. The monoisotopic (exact) mass is 238 g/mol. The number of nitrogens with two attached hydrogens (primary N) is 1. The average Bonchev–Trinajstić information content (AvgIpc) is 2.63. The van der Waals surface area contributed by atoms with Crippen LogP contribution in [-0.4, -0.2) is 21.3 Å². The molecule has 4 nitrogen and oxygen atoms in total. The Morgan fingerprint density at radius 2 is 1.94 bits per heavy atom. The summed E-state index contributed by atoms with van der Waals surface area (Å²) < 4.78 is 1.79. The average molecular weight is 239 g/mol. The van der Waals surface area contributed by atoms with Crippen LogP contribution in [0.5, 0.6) is 0 Å². The van der Waals surface area contributed by atoms with E-state index in [4.69, 9.17) is 5.73 Å². The van der Waals surface area contributed by atoms with Crippen LogP contribution in [0.3, 0.4) is 0 Å². The SMILES string of the molecule is Cl.Cn1nc(-c2ccccc2)nc1CCN. The molecule has 2 aromatic rings. The zero-order valence-electron chi connectivity index (χ0n) is 9.13. The fourth-order valence-electron chi connectivity index (χ4n) is 1.47. The quantitative estimate of drug-likeness (QED) is 0.880. The van der Waals surface area contributed by atoms with Crippen LogP contribution >= 0.6 is 12.4 Å². The molecule has 5 heteroatoms. The number of aromatic nitrogens is 3. The normalized spacial score (nSPS) is 9.88. The first-order valence-electron chi connectivity index (χ1n) is 4.96. The maximum atomic E-state index is 5.50. The van der Waals surface area contributed by atoms with E-state index in [1.807, 2.05) is 37.4 Å². The number of rotatable bonds is 3. The third-order valence-corrected chi connectivity index (χ3v) is 2.25. The van der Waals surface area contributed by atoms with Crippen molar-refractivity contribution in [3.8, 4) is 11.4 Å². The van der Waals surface area contributed by atoms with Crippen molar-refractivity contribution in [3.63, 3.8) is 0 Å². The zero-order valence-corrected chi connectivity index (χ0v) is 9.94. The molecule has 0 amide bonds. The Morgan fingerprint density at radius 3 is 2.56 bits per heavy atom. The first-order chi connectivity index (χ1) is 7.31. The minimum absolute atomic E-state index is 0. The van der Waals surface area contributed by atoms with Crippen molar-refractivity contribution in [1.29, 1.82) is 0 Å². The van der Waals surface area contributed by atoms with Gasteiger partial charge in [0, 0.05) is 19.0 Å². The Kier molecular flexibility index (Phi) is 4.46. The van der Waals surface area contributed by atoms with Crippen LogP contribution in [-0.2, 0) is 13.5 Å². The molecule has 2 N–H and O–H groups in total. The topological polar surface area (TPSA) is 56.7 Å². The summed E-state index contributed by atoms with van der Waals surface area (Å²) in [5, 5.41) is 4.35. The molecule has 0 bridgehead atoms. The Morgan fingerprint density at radius 1 is 1.25 bits per heavy atom. The first-order valence-corrected chi connectivity index (χ1v) is 4.96. The summed E-state index contributed by atoms with van der Waals surface area (Å²) in [4.78, 5) is 4.44. The number of benzene rings is 1. The standard InChI is InChI=1S/C11H14N4.ClH/c1-15-10(7-8-12)13-11(14-15)9-5-3-2-4-6-9;/h2-6H,7-8,12H2,1H3;1H. The third kappa shape index (κ3) is 2.59. The Balaban J connectivity index is 0.00000128. The molecule has 0 saturated carbocycles. The van der Waals surface area contributed by atoms with Gasteiger partial charge in [0.25, 0.3) is 0 Å². The highest BCUT2D eigenvalue weighted by Crippen LogP contribution is 2.14. The van der Waals surface area contributed by atoms with Gasteiger partial charge in [-0.05, 0) is 6.54 Å². The lowest BCUT2D eigenvalue weighted by Gasteiger charge is -1.93. The summed E-state index contributed by atoms with van der Waals surface area (Å²) in [6.07, 6.45) is 0.760. The molecule has 1 aromatic heterocycles. The summed E-state index contributed by atoms with van der Waals surface area (Å²) in [6.45, 7) is 0.598. The van der Waals surface area contributed by atoms with Crippen molar-refractivity contribution in [2.45, 2.75) is 6.42 Å². The molecule has 2 rings (SSSR count). The van der Waals surface area contributed by atoms with Crippen LogP contribution in [0.1, 0.15) is 5.82 Å². The van der Waals surface area contributed by atoms with Crippen LogP contribution < -0.4 is 5.73 Å². The molecule has 1 aromatic carbocycles. The van der Waals surface area contributed by atoms with Crippen molar-refractivity contribution >= 4 is 12.4 Å². The minimum Gasteiger partial charge on any atom is -0.330 e. The van der Waals surface area contributed by atoms with E-state index in [-0.39, 0.29) is 12.4 Å². The zero-order chi connectivity index (χ0) is 10.7. The van der Waals surface area contributed by atoms with Crippen LogP contribution in [0.25, 0.3) is 11.4 Å². The molecule has 0 unspecified atom stereocenters. The molecule has 0 aliphatic carbocycles. The lowest BCUT2D eigenvalue weighted by atomic mass is 10.2. The van der Waals surface area contributed by atoms with Gasteiger partial charge in [0.05, 0.1) is 0 Å². The number of hydrogen-bond acceptors (Lipinski definition) is 3. The maximum Gasteiger partial charge on any atom is 0.181 e. The molecule has 0 saturated heterocycles. The fourth-order valence-corrected chi connectivity index (χ4v) is 1.47. The van der Waals surface area contributed by atoms with E-state index in [1.165, 1.54) is 0 Å². The van der Waals surface area contributed by atoms with Crippen molar-refractivity contribution in [1.82, 2.24) is 14.8 Å². The lowest BCUT2D eigenvalue weighted by Crippen LogP contribution is -2.08. The van der Waals surface area contributed by atoms with E-state index >= 15 is 0 Å². The molecule has 1 heterocycles. The minimum atomic E-state index is 0. The second-order valence-corrected chi connectivity index (χ2v) is 3.38. The van der Waals surface area contributed by atoms with Crippen molar-refractivity contribution in [3.05, 3.63) is 36.2 Å². The van der Waals surface area contributed by atoms with Gasteiger partial charge in [-0.25, -0.2) is 4.98 Å². The molecule has 86 valence electrons. The molecule has 0 fully saturated rings. The first kappa shape index (κ1) is 12.7. The van der Waals surface area contributed by atoms with E-state index < -0.39 is 0 Å². The van der Waals surface area contributed by atoms with Crippen molar-refractivity contribution in [2.24, 2.45) is 12.8 Å². The maximum absolute atomic E-state index is 5.50. The summed E-state index contributed by atoms with van der Waals surface area (Å²) in [7, 11) is 1.89. The smallest absolute Gasteiger partial charge is 0.181 e. The van der Waals surface area contributed by atoms with Gasteiger partial charge in [0.2, 0.25) is 0 Å². The fraction of sp³-hybridized carbons (Fsp3) is 0.273. The molecule has 0 atom stereocenters. The molecule has 0 aliphatic rings. The second-order valence-electron chi connectivity index (χ2n) is 3.38. The van der Waals surface area contributed by atoms with Gasteiger partial charge < -0.3 is 5.73 Å². The molecule has 16 heavy (non-hydrogen) atoms. The summed E-state index contributed by atoms with van der Waals surface area (Å²) in [5.41, 5.74) is 6.53. The van der Waals surface area contributed by atoms with Crippen LogP contribution in [0.15, 0.2) is 30.3 Å². The molecule has 0 radical (unpaired) electrons. The highest BCUT2D eigenvalue weighted by molar-refractivity contribution is 5.85. The van der Waals surface area contributed by atoms with E-state index in [1.54, 1.807) is 4.68 Å². The van der Waals surface area contributed by atoms with Gasteiger partial charge in [-0.1, -0.05) is 30.3 Å². The van der Waals surface area contributed by atoms with Gasteiger partial charge in [-0.2, -0.15) is 5.10 Å². The molecular formula is C11H15ClN4. The van der Waals surface area contributed by atoms with Gasteiger partial charge >= 0.3 is 0 Å². The van der Waals surface area contributed by atoms with E-state index in [2.05, 4.69) is 10.1 Å². The van der Waals surface area contributed by atoms with Crippen LogP contribution in [0, 0.1) is 0 Å². The van der Waals surface area contributed by atoms with E-state index in [9.17, 15) is 0 Å². The van der Waals surface area contributed by atoms with E-state index in [0.717, 1.165) is 23.6 Å². The van der Waals surface area contributed by atoms with Crippen LogP contribution in [0.4, 0.5) is 0 Å². The van der Waals surface area contributed by atoms with Crippen molar-refractivity contribution in [2.75, 3.05) is 6.54 Å². The van der Waals surface area contributed by atoms with Crippen molar-refractivity contribution < 1.29 is 0 Å². The van der Waals surface area contributed by atoms with Gasteiger partial charge in [0.1, 0.15) is 5.82 Å². The largest absolute Gasteiger partial charge is 0.330 e. The van der Waals surface area contributed by atoms with Gasteiger partial charge in [0.15, 0.2) is 5.82 Å². The Labute approximate surface area is 101 Å². The number of nitrogens with zero attached hydrogens (tertiary/aromatic N) is 3. The molecule has 0 aliphatic heterocycles.